The lowest BCUT2D eigenvalue weighted by molar-refractivity contribution is -0.135. The fourth-order valence-electron chi connectivity index (χ4n) is 12.1. The van der Waals surface area contributed by atoms with Gasteiger partial charge in [-0.1, -0.05) is 123 Å². The van der Waals surface area contributed by atoms with Gasteiger partial charge in [-0.2, -0.15) is 0 Å². The second-order valence-electron chi connectivity index (χ2n) is 21.4. The lowest BCUT2D eigenvalue weighted by Gasteiger charge is -2.26. The SMILES string of the molecule is CC(=O)O.CC(=O)O.CC(=O)O.COc1ccc(C2NCCc3c2[nH]c2ccccc32)cc1COc1ccccc1C1CCCCC1.COc1ccc(C2NCCc3c2[nH]c2ccccc32)cc1COc1ccccc1C1CCCCC1. The maximum atomic E-state index is 9.00. The maximum absolute atomic E-state index is 9.00. The normalized spacial score (nSPS) is 16.6. The van der Waals surface area contributed by atoms with Crippen molar-refractivity contribution in [3.63, 3.8) is 0 Å². The number of hydrogen-bond acceptors (Lipinski definition) is 9. The van der Waals surface area contributed by atoms with Gasteiger partial charge in [-0.15, -0.1) is 0 Å². The van der Waals surface area contributed by atoms with E-state index in [4.69, 9.17) is 48.7 Å². The monoisotopic (exact) mass is 1110 g/mol. The highest BCUT2D eigenvalue weighted by Gasteiger charge is 2.28. The molecule has 14 nitrogen and oxygen atoms in total. The zero-order valence-electron chi connectivity index (χ0n) is 48.0. The molecule has 2 aliphatic heterocycles. The smallest absolute Gasteiger partial charge is 0.300 e. The lowest BCUT2D eigenvalue weighted by Crippen LogP contribution is -2.30. The van der Waals surface area contributed by atoms with E-state index < -0.39 is 17.9 Å². The van der Waals surface area contributed by atoms with Crippen LogP contribution in [0.4, 0.5) is 0 Å². The average Bonchev–Trinajstić information content (AvgIpc) is 3.74. The average molecular weight is 1110 g/mol. The van der Waals surface area contributed by atoms with Crippen molar-refractivity contribution < 1.29 is 48.7 Å². The first-order valence-electron chi connectivity index (χ1n) is 28.8. The van der Waals surface area contributed by atoms with Gasteiger partial charge in [0.2, 0.25) is 0 Å². The summed E-state index contributed by atoms with van der Waals surface area (Å²) in [7, 11) is 3.48. The predicted octanol–water partition coefficient (Wildman–Crippen LogP) is 14.3. The second kappa shape index (κ2) is 29.6. The molecule has 2 unspecified atom stereocenters. The van der Waals surface area contributed by atoms with E-state index in [-0.39, 0.29) is 12.1 Å². The molecule has 2 aromatic heterocycles. The minimum atomic E-state index is -0.833. The van der Waals surface area contributed by atoms with Crippen molar-refractivity contribution in [3.05, 3.63) is 189 Å². The van der Waals surface area contributed by atoms with Crippen molar-refractivity contribution in [2.75, 3.05) is 27.3 Å². The van der Waals surface area contributed by atoms with Crippen LogP contribution in [0.15, 0.2) is 133 Å². The molecular formula is C68H80N4O10. The molecule has 0 spiro atoms. The van der Waals surface area contributed by atoms with Crippen molar-refractivity contribution >= 4 is 39.7 Å². The number of rotatable bonds is 12. The molecule has 7 N–H and O–H groups in total. The van der Waals surface area contributed by atoms with Crippen molar-refractivity contribution in [1.82, 2.24) is 20.6 Å². The second-order valence-corrected chi connectivity index (χ2v) is 21.4. The summed E-state index contributed by atoms with van der Waals surface area (Å²) in [6.07, 6.45) is 15.1. The molecule has 4 heterocycles. The number of fused-ring (bicyclic) bond motifs is 6. The standard InChI is InChI=1S/2C31H34N2O2.3C2H4O2/c2*1-34-28-16-15-22(30-31-26(17-18-32-30)25-12-5-7-13-27(25)33-31)19-23(28)20-35-29-14-8-6-11-24(29)21-9-3-2-4-10-21;3*1-2(3)4/h2*5-8,11-16,19,21,30,32-33H,2-4,9-10,17-18,20H2,1H3;3*1H3,(H,3,4). The van der Waals surface area contributed by atoms with Gasteiger partial charge in [0.25, 0.3) is 17.9 Å². The molecule has 14 heteroatoms. The van der Waals surface area contributed by atoms with Gasteiger partial charge in [-0.3, -0.25) is 14.4 Å². The molecular weight excluding hydrogens is 1030 g/mol. The quantitative estimate of drug-likeness (QED) is 0.0611. The molecule has 6 aromatic carbocycles. The van der Waals surface area contributed by atoms with Crippen LogP contribution in [0.25, 0.3) is 21.8 Å². The highest BCUT2D eigenvalue weighted by atomic mass is 16.5. The number of aromatic amines is 2. The molecule has 0 amide bonds. The Balaban J connectivity index is 0.000000180. The van der Waals surface area contributed by atoms with E-state index in [2.05, 4.69) is 154 Å². The van der Waals surface area contributed by atoms with Gasteiger partial charge in [0.15, 0.2) is 0 Å². The Morgan fingerprint density at radius 1 is 0.463 bits per heavy atom. The summed E-state index contributed by atoms with van der Waals surface area (Å²) < 4.78 is 24.4. The fourth-order valence-corrected chi connectivity index (χ4v) is 12.1. The number of para-hydroxylation sites is 4. The third-order valence-corrected chi connectivity index (χ3v) is 15.7. The summed E-state index contributed by atoms with van der Waals surface area (Å²) in [6.45, 7) is 6.17. The Hall–Kier alpha value is -8.07. The van der Waals surface area contributed by atoms with Crippen LogP contribution in [0.2, 0.25) is 0 Å². The molecule has 2 fully saturated rings. The number of carbonyl (C=O) groups is 3. The van der Waals surface area contributed by atoms with E-state index in [1.54, 1.807) is 14.2 Å². The summed E-state index contributed by atoms with van der Waals surface area (Å²) in [5.41, 5.74) is 15.2. The first-order valence-corrected chi connectivity index (χ1v) is 28.8. The van der Waals surface area contributed by atoms with Crippen LogP contribution in [-0.2, 0) is 40.4 Å². The molecule has 2 saturated carbocycles. The van der Waals surface area contributed by atoms with Crippen molar-refractivity contribution in [2.45, 2.75) is 135 Å². The fraction of sp³-hybridized carbons (Fsp3) is 0.368. The first-order chi connectivity index (χ1) is 39.8. The topological polar surface area (TPSA) is 204 Å². The molecule has 4 aliphatic rings. The van der Waals surface area contributed by atoms with Gasteiger partial charge in [0.05, 0.1) is 26.3 Å². The number of aliphatic carboxylic acids is 3. The summed E-state index contributed by atoms with van der Waals surface area (Å²) in [5.74, 6) is 2.49. The molecule has 0 saturated heterocycles. The number of H-pyrrole nitrogens is 2. The van der Waals surface area contributed by atoms with Crippen LogP contribution >= 0.6 is 0 Å². The van der Waals surface area contributed by atoms with E-state index in [1.165, 1.54) is 131 Å². The number of hydrogen-bond donors (Lipinski definition) is 7. The van der Waals surface area contributed by atoms with Gasteiger partial charge in [-0.25, -0.2) is 0 Å². The number of benzene rings is 6. The molecule has 432 valence electrons. The maximum Gasteiger partial charge on any atom is 0.300 e. The van der Waals surface area contributed by atoms with Crippen LogP contribution in [0, 0.1) is 0 Å². The zero-order chi connectivity index (χ0) is 58.0. The number of carboxylic acids is 3. The van der Waals surface area contributed by atoms with Crippen LogP contribution in [0.1, 0.15) is 165 Å². The number of ether oxygens (including phenoxy) is 4. The Kier molecular flexibility index (Phi) is 21.7. The Bertz CT molecular complexity index is 3140. The highest BCUT2D eigenvalue weighted by Crippen LogP contribution is 2.41. The molecule has 2 aliphatic carbocycles. The van der Waals surface area contributed by atoms with Crippen LogP contribution in [0.5, 0.6) is 23.0 Å². The Morgan fingerprint density at radius 2 is 0.817 bits per heavy atom. The first kappa shape index (κ1) is 60.0. The highest BCUT2D eigenvalue weighted by molar-refractivity contribution is 5.86. The summed E-state index contributed by atoms with van der Waals surface area (Å²) in [4.78, 5) is 34.4. The lowest BCUT2D eigenvalue weighted by atomic mass is 9.84. The van der Waals surface area contributed by atoms with Crippen LogP contribution < -0.4 is 29.6 Å². The van der Waals surface area contributed by atoms with Crippen molar-refractivity contribution in [2.24, 2.45) is 0 Å². The number of carboxylic acid groups (broad SMARTS) is 3. The van der Waals surface area contributed by atoms with Crippen molar-refractivity contribution in [1.29, 1.82) is 0 Å². The van der Waals surface area contributed by atoms with Gasteiger partial charge in [0.1, 0.15) is 36.2 Å². The summed E-state index contributed by atoms with van der Waals surface area (Å²) in [6, 6.07) is 47.7. The largest absolute Gasteiger partial charge is 0.496 e. The minimum absolute atomic E-state index is 0.130. The minimum Gasteiger partial charge on any atom is -0.496 e. The van der Waals surface area contributed by atoms with Crippen LogP contribution in [0.3, 0.4) is 0 Å². The van der Waals surface area contributed by atoms with Gasteiger partial charge >= 0.3 is 0 Å². The number of methoxy groups -OCH3 is 2. The Labute approximate surface area is 481 Å². The molecule has 0 radical (unpaired) electrons. The predicted molar refractivity (Wildman–Crippen MR) is 323 cm³/mol. The molecule has 2 atom stereocenters. The van der Waals surface area contributed by atoms with Gasteiger partial charge in [-0.05, 0) is 132 Å². The summed E-state index contributed by atoms with van der Waals surface area (Å²) in [5, 5.41) is 32.4. The van der Waals surface area contributed by atoms with Crippen LogP contribution in [-0.4, -0.2) is 70.5 Å². The molecule has 8 aromatic rings. The van der Waals surface area contributed by atoms with Crippen molar-refractivity contribution in [3.8, 4) is 23.0 Å². The van der Waals surface area contributed by atoms with Gasteiger partial charge in [0, 0.05) is 78.2 Å². The number of nitrogens with one attached hydrogen (secondary N) is 4. The van der Waals surface area contributed by atoms with E-state index in [9.17, 15) is 0 Å². The summed E-state index contributed by atoms with van der Waals surface area (Å²) >= 11 is 0. The van der Waals surface area contributed by atoms with E-state index >= 15 is 0 Å². The number of aromatic nitrogens is 2. The molecule has 0 bridgehead atoms. The third kappa shape index (κ3) is 15.7. The van der Waals surface area contributed by atoms with E-state index in [0.717, 1.165) is 80.8 Å². The van der Waals surface area contributed by atoms with Gasteiger partial charge < -0.3 is 54.9 Å². The zero-order valence-corrected chi connectivity index (χ0v) is 48.0. The molecule has 82 heavy (non-hydrogen) atoms. The van der Waals surface area contributed by atoms with E-state index in [0.29, 0.717) is 25.0 Å². The van der Waals surface area contributed by atoms with E-state index in [1.807, 2.05) is 0 Å². The Morgan fingerprint density at radius 3 is 1.20 bits per heavy atom. The molecule has 12 rings (SSSR count). The third-order valence-electron chi connectivity index (χ3n) is 15.7.